The molecule has 11 heteroatoms. The van der Waals surface area contributed by atoms with Crippen molar-refractivity contribution in [1.82, 2.24) is 5.32 Å². The Morgan fingerprint density at radius 2 is 1.79 bits per heavy atom. The van der Waals surface area contributed by atoms with Crippen molar-refractivity contribution in [2.45, 2.75) is 37.6 Å². The number of carbonyl (C=O) groups is 1. The van der Waals surface area contributed by atoms with Gasteiger partial charge in [0.05, 0.1) is 11.3 Å². The van der Waals surface area contributed by atoms with Crippen LogP contribution in [0.5, 0.6) is 0 Å². The highest BCUT2D eigenvalue weighted by Gasteiger charge is 2.62. The third-order valence-electron chi connectivity index (χ3n) is 5.69. The number of nitrogens with zero attached hydrogens (tertiary/aromatic N) is 1. The standard InChI is InChI=1S/C22H19Cl2F3N2O3S/c1-12-5-13(3-4-17(12)19(30)28-20(2)10-33(31)11-20)18-9-21(32-29-18,22(25,26)27)14-6-15(23)8-16(24)7-14/h3-8H,9-11H2,1-2H3,(H,28,30). The number of hydrogen-bond donors (Lipinski definition) is 1. The van der Waals surface area contributed by atoms with Crippen molar-refractivity contribution >= 4 is 45.6 Å². The second-order valence-corrected chi connectivity index (χ2v) is 10.9. The van der Waals surface area contributed by atoms with Crippen LogP contribution in [-0.4, -0.2) is 39.0 Å². The molecule has 1 saturated heterocycles. The molecule has 1 amide bonds. The van der Waals surface area contributed by atoms with E-state index in [0.717, 1.165) is 12.1 Å². The van der Waals surface area contributed by atoms with Gasteiger partial charge in [-0.25, -0.2) is 0 Å². The number of rotatable bonds is 4. The summed E-state index contributed by atoms with van der Waals surface area (Å²) < 4.78 is 53.9. The van der Waals surface area contributed by atoms with Gasteiger partial charge in [-0.05, 0) is 55.3 Å². The summed E-state index contributed by atoms with van der Waals surface area (Å²) in [5, 5.41) is 6.72. The molecule has 176 valence electrons. The van der Waals surface area contributed by atoms with Crippen molar-refractivity contribution in [2.24, 2.45) is 5.16 Å². The van der Waals surface area contributed by atoms with Crippen LogP contribution in [-0.2, 0) is 21.2 Å². The Bertz CT molecular complexity index is 1170. The molecular weight excluding hydrogens is 500 g/mol. The maximum absolute atomic E-state index is 14.2. The van der Waals surface area contributed by atoms with Gasteiger partial charge in [0.25, 0.3) is 11.5 Å². The number of hydrogen-bond acceptors (Lipinski definition) is 4. The van der Waals surface area contributed by atoms with Crippen LogP contribution in [0, 0.1) is 6.92 Å². The molecule has 0 spiro atoms. The smallest absolute Gasteiger partial charge is 0.374 e. The van der Waals surface area contributed by atoms with Gasteiger partial charge in [-0.3, -0.25) is 9.00 Å². The number of halogens is 5. The van der Waals surface area contributed by atoms with Gasteiger partial charge in [-0.1, -0.05) is 34.4 Å². The van der Waals surface area contributed by atoms with Crippen LogP contribution in [0.2, 0.25) is 10.0 Å². The van der Waals surface area contributed by atoms with E-state index in [0.29, 0.717) is 28.2 Å². The van der Waals surface area contributed by atoms with Gasteiger partial charge in [0.15, 0.2) is 0 Å². The van der Waals surface area contributed by atoms with E-state index in [1.807, 2.05) is 6.92 Å². The molecule has 1 N–H and O–H groups in total. The van der Waals surface area contributed by atoms with Crippen LogP contribution < -0.4 is 5.32 Å². The lowest BCUT2D eigenvalue weighted by Gasteiger charge is -2.38. The molecule has 2 aromatic rings. The maximum atomic E-state index is 14.2. The zero-order valence-electron chi connectivity index (χ0n) is 17.6. The monoisotopic (exact) mass is 518 g/mol. The van der Waals surface area contributed by atoms with E-state index in [2.05, 4.69) is 10.5 Å². The van der Waals surface area contributed by atoms with E-state index < -0.39 is 34.5 Å². The number of oxime groups is 1. The molecule has 0 saturated carbocycles. The van der Waals surface area contributed by atoms with Gasteiger partial charge in [-0.2, -0.15) is 13.2 Å². The molecule has 1 fully saturated rings. The summed E-state index contributed by atoms with van der Waals surface area (Å²) in [6.07, 6.45) is -5.37. The van der Waals surface area contributed by atoms with E-state index >= 15 is 0 Å². The van der Waals surface area contributed by atoms with E-state index in [9.17, 15) is 22.2 Å². The van der Waals surface area contributed by atoms with Gasteiger partial charge in [0, 0.05) is 49.9 Å². The van der Waals surface area contributed by atoms with Crippen molar-refractivity contribution in [3.63, 3.8) is 0 Å². The summed E-state index contributed by atoms with van der Waals surface area (Å²) >= 11 is 11.9. The first-order chi connectivity index (χ1) is 15.3. The quantitative estimate of drug-likeness (QED) is 0.609. The SMILES string of the molecule is Cc1cc(C2=NOC(c3cc(Cl)cc(Cl)c3)(C(F)(F)F)C2)ccc1C(=O)NC1(C)CS(=O)C1. The lowest BCUT2D eigenvalue weighted by atomic mass is 9.86. The molecule has 2 aliphatic heterocycles. The first-order valence-corrected chi connectivity index (χ1v) is 12.1. The zero-order valence-corrected chi connectivity index (χ0v) is 19.9. The number of alkyl halides is 3. The summed E-state index contributed by atoms with van der Waals surface area (Å²) in [5.41, 5.74) is -2.08. The Morgan fingerprint density at radius 3 is 2.33 bits per heavy atom. The molecule has 33 heavy (non-hydrogen) atoms. The summed E-state index contributed by atoms with van der Waals surface area (Å²) in [5.74, 6) is 0.440. The molecule has 0 radical (unpaired) electrons. The Balaban J connectivity index is 1.59. The third kappa shape index (κ3) is 4.50. The Hall–Kier alpha value is -2.10. The highest BCUT2D eigenvalue weighted by molar-refractivity contribution is 7.86. The van der Waals surface area contributed by atoms with Crippen LogP contribution in [0.15, 0.2) is 41.6 Å². The molecule has 0 bridgehead atoms. The van der Waals surface area contributed by atoms with Crippen LogP contribution in [0.4, 0.5) is 13.2 Å². The second-order valence-electron chi connectivity index (χ2n) is 8.56. The van der Waals surface area contributed by atoms with Crippen molar-refractivity contribution in [3.8, 4) is 0 Å². The van der Waals surface area contributed by atoms with Gasteiger partial charge < -0.3 is 10.2 Å². The van der Waals surface area contributed by atoms with Gasteiger partial charge in [-0.15, -0.1) is 0 Å². The largest absolute Gasteiger partial charge is 0.435 e. The normalized spacial score (nSPS) is 26.9. The fourth-order valence-electron chi connectivity index (χ4n) is 4.03. The van der Waals surface area contributed by atoms with Crippen LogP contribution in [0.25, 0.3) is 0 Å². The predicted molar refractivity (Wildman–Crippen MR) is 121 cm³/mol. The fourth-order valence-corrected chi connectivity index (χ4v) is 6.03. The minimum absolute atomic E-state index is 0.0494. The van der Waals surface area contributed by atoms with Crippen molar-refractivity contribution in [3.05, 3.63) is 68.7 Å². The minimum Gasteiger partial charge on any atom is -0.374 e. The number of amides is 1. The number of carbonyl (C=O) groups excluding carboxylic acids is 1. The molecule has 2 aliphatic rings. The highest BCUT2D eigenvalue weighted by Crippen LogP contribution is 2.49. The van der Waals surface area contributed by atoms with Crippen molar-refractivity contribution in [2.75, 3.05) is 11.5 Å². The van der Waals surface area contributed by atoms with Crippen molar-refractivity contribution in [1.29, 1.82) is 0 Å². The average molecular weight is 519 g/mol. The molecule has 2 aromatic carbocycles. The Labute approximate surface area is 200 Å². The molecule has 1 unspecified atom stereocenters. The third-order valence-corrected chi connectivity index (χ3v) is 8.05. The van der Waals surface area contributed by atoms with E-state index in [4.69, 9.17) is 28.0 Å². The molecule has 0 aromatic heterocycles. The topological polar surface area (TPSA) is 67.8 Å². The predicted octanol–water partition coefficient (Wildman–Crippen LogP) is 5.13. The van der Waals surface area contributed by atoms with E-state index in [1.54, 1.807) is 13.0 Å². The molecular formula is C22H19Cl2F3N2O3S. The number of aryl methyl sites for hydroxylation is 1. The maximum Gasteiger partial charge on any atom is 0.435 e. The van der Waals surface area contributed by atoms with Gasteiger partial charge in [0.2, 0.25) is 0 Å². The summed E-state index contributed by atoms with van der Waals surface area (Å²) in [7, 11) is -0.932. The average Bonchev–Trinajstić information content (AvgIpc) is 3.12. The summed E-state index contributed by atoms with van der Waals surface area (Å²) in [6, 6.07) is 8.31. The van der Waals surface area contributed by atoms with Crippen molar-refractivity contribution < 1.29 is 27.0 Å². The van der Waals surface area contributed by atoms with E-state index in [1.165, 1.54) is 18.2 Å². The Kier molecular flexibility index (Phi) is 6.04. The van der Waals surface area contributed by atoms with Crippen LogP contribution in [0.1, 0.15) is 40.4 Å². The molecule has 2 heterocycles. The molecule has 4 rings (SSSR count). The first kappa shape index (κ1) is 24.0. The fraction of sp³-hybridized carbons (Fsp3) is 0.364. The van der Waals surface area contributed by atoms with Gasteiger partial charge >= 0.3 is 6.18 Å². The minimum atomic E-state index is -4.79. The van der Waals surface area contributed by atoms with Crippen LogP contribution >= 0.6 is 23.2 Å². The lowest BCUT2D eigenvalue weighted by Crippen LogP contribution is -2.61. The van der Waals surface area contributed by atoms with Gasteiger partial charge in [0.1, 0.15) is 0 Å². The van der Waals surface area contributed by atoms with Crippen LogP contribution in [0.3, 0.4) is 0 Å². The lowest BCUT2D eigenvalue weighted by molar-refractivity contribution is -0.275. The summed E-state index contributed by atoms with van der Waals surface area (Å²) in [6.45, 7) is 3.50. The molecule has 1 atom stereocenters. The summed E-state index contributed by atoms with van der Waals surface area (Å²) in [4.78, 5) is 17.7. The zero-order chi connectivity index (χ0) is 24.2. The number of benzene rings is 2. The second kappa shape index (κ2) is 8.29. The van der Waals surface area contributed by atoms with E-state index in [-0.39, 0.29) is 27.2 Å². The first-order valence-electron chi connectivity index (χ1n) is 9.89. The molecule has 0 aliphatic carbocycles. The molecule has 5 nitrogen and oxygen atoms in total. The Morgan fingerprint density at radius 1 is 1.15 bits per heavy atom. The number of nitrogens with one attached hydrogen (secondary N) is 1. The highest BCUT2D eigenvalue weighted by atomic mass is 35.5.